The number of thiophene rings is 1. The maximum absolute atomic E-state index is 13.1. The lowest BCUT2D eigenvalue weighted by atomic mass is 10.1. The van der Waals surface area contributed by atoms with Gasteiger partial charge in [-0.25, -0.2) is 14.6 Å². The van der Waals surface area contributed by atoms with Gasteiger partial charge in [0.2, 0.25) is 0 Å². The first-order valence-electron chi connectivity index (χ1n) is 8.75. The third kappa shape index (κ3) is 4.00. The molecule has 0 saturated carbocycles. The Morgan fingerprint density at radius 2 is 1.83 bits per heavy atom. The van der Waals surface area contributed by atoms with Crippen molar-refractivity contribution in [1.29, 1.82) is 0 Å². The molecule has 29 heavy (non-hydrogen) atoms. The Morgan fingerprint density at radius 3 is 2.62 bits per heavy atom. The summed E-state index contributed by atoms with van der Waals surface area (Å²) in [7, 11) is 0. The van der Waals surface area contributed by atoms with E-state index < -0.39 is 11.5 Å². The average molecular weight is 406 g/mol. The number of hydrazone groups is 1. The van der Waals surface area contributed by atoms with Crippen LogP contribution in [0.2, 0.25) is 0 Å². The van der Waals surface area contributed by atoms with Crippen molar-refractivity contribution in [2.24, 2.45) is 5.10 Å². The minimum Gasteiger partial charge on any atom is -0.422 e. The predicted molar refractivity (Wildman–Crippen MR) is 112 cm³/mol. The lowest BCUT2D eigenvalue weighted by Crippen LogP contribution is -2.20. The van der Waals surface area contributed by atoms with E-state index in [4.69, 9.17) is 4.42 Å². The van der Waals surface area contributed by atoms with Gasteiger partial charge in [-0.15, -0.1) is 11.3 Å². The van der Waals surface area contributed by atoms with Gasteiger partial charge in [-0.1, -0.05) is 30.3 Å². The zero-order valence-corrected chi connectivity index (χ0v) is 16.1. The molecule has 0 aliphatic rings. The SMILES string of the molecule is C/C(=N/NC(=O)c1ccc(-c2ccc(F)cc2)s1)c1cc2ccccc2oc1=O. The summed E-state index contributed by atoms with van der Waals surface area (Å²) in [5.74, 6) is -0.709. The normalized spacial score (nSPS) is 11.6. The number of nitrogens with zero attached hydrogens (tertiary/aromatic N) is 1. The first-order chi connectivity index (χ1) is 14.0. The Bertz CT molecular complexity index is 1290. The molecule has 0 spiro atoms. The standard InChI is InChI=1S/C22H15FN2O3S/c1-13(17-12-15-4-2-3-5-18(15)28-22(17)27)24-25-21(26)20-11-10-19(29-20)14-6-8-16(23)9-7-14/h2-12H,1H3,(H,25,26)/b24-13-. The predicted octanol–water partition coefficient (Wildman–Crippen LogP) is 4.81. The monoisotopic (exact) mass is 406 g/mol. The molecule has 0 atom stereocenters. The summed E-state index contributed by atoms with van der Waals surface area (Å²) in [6, 6.07) is 18.4. The van der Waals surface area contributed by atoms with Crippen molar-refractivity contribution in [2.45, 2.75) is 6.92 Å². The molecule has 7 heteroatoms. The van der Waals surface area contributed by atoms with Gasteiger partial charge in [-0.05, 0) is 48.9 Å². The molecule has 2 aromatic heterocycles. The van der Waals surface area contributed by atoms with Crippen molar-refractivity contribution in [3.8, 4) is 10.4 Å². The highest BCUT2D eigenvalue weighted by atomic mass is 32.1. The fourth-order valence-corrected chi connectivity index (χ4v) is 3.69. The Morgan fingerprint density at radius 1 is 1.07 bits per heavy atom. The van der Waals surface area contributed by atoms with Crippen molar-refractivity contribution >= 4 is 33.9 Å². The molecule has 1 amide bonds. The van der Waals surface area contributed by atoms with Gasteiger partial charge >= 0.3 is 5.63 Å². The molecule has 0 unspecified atom stereocenters. The topological polar surface area (TPSA) is 71.7 Å². The molecule has 1 N–H and O–H groups in total. The fraction of sp³-hybridized carbons (Fsp3) is 0.0455. The zero-order valence-electron chi connectivity index (χ0n) is 15.3. The van der Waals surface area contributed by atoms with Crippen LogP contribution in [0.5, 0.6) is 0 Å². The number of rotatable bonds is 4. The van der Waals surface area contributed by atoms with E-state index in [2.05, 4.69) is 10.5 Å². The second-order valence-corrected chi connectivity index (χ2v) is 7.38. The third-order valence-corrected chi connectivity index (χ3v) is 5.45. The van der Waals surface area contributed by atoms with Crippen LogP contribution in [0.4, 0.5) is 4.39 Å². The summed E-state index contributed by atoms with van der Waals surface area (Å²) in [5.41, 5.74) is 3.88. The summed E-state index contributed by atoms with van der Waals surface area (Å²) >= 11 is 1.27. The third-order valence-electron chi connectivity index (χ3n) is 4.31. The molecule has 0 fully saturated rings. The number of amides is 1. The van der Waals surface area contributed by atoms with Gasteiger partial charge in [0.25, 0.3) is 5.91 Å². The maximum Gasteiger partial charge on any atom is 0.345 e. The van der Waals surface area contributed by atoms with Gasteiger partial charge in [-0.3, -0.25) is 4.79 Å². The Kier molecular flexibility index (Phi) is 5.05. The van der Waals surface area contributed by atoms with Crippen LogP contribution in [0, 0.1) is 5.82 Å². The van der Waals surface area contributed by atoms with E-state index in [1.54, 1.807) is 49.4 Å². The molecule has 4 rings (SSSR count). The quantitative estimate of drug-likeness (QED) is 0.300. The summed E-state index contributed by atoms with van der Waals surface area (Å²) in [5, 5.41) is 4.81. The van der Waals surface area contributed by atoms with Gasteiger partial charge in [-0.2, -0.15) is 5.10 Å². The van der Waals surface area contributed by atoms with Gasteiger partial charge in [0.1, 0.15) is 11.4 Å². The highest BCUT2D eigenvalue weighted by molar-refractivity contribution is 7.17. The fourth-order valence-electron chi connectivity index (χ4n) is 2.79. The van der Waals surface area contributed by atoms with Gasteiger partial charge < -0.3 is 4.42 Å². The number of carbonyl (C=O) groups excluding carboxylic acids is 1. The molecule has 0 aliphatic heterocycles. The molecule has 0 aliphatic carbocycles. The number of hydrogen-bond acceptors (Lipinski definition) is 5. The Balaban J connectivity index is 1.53. The molecule has 0 bridgehead atoms. The molecule has 144 valence electrons. The van der Waals surface area contributed by atoms with Gasteiger partial charge in [0, 0.05) is 10.3 Å². The van der Waals surface area contributed by atoms with Crippen molar-refractivity contribution in [3.05, 3.63) is 93.4 Å². The summed E-state index contributed by atoms with van der Waals surface area (Å²) < 4.78 is 18.4. The van der Waals surface area contributed by atoms with Crippen LogP contribution in [-0.4, -0.2) is 11.6 Å². The van der Waals surface area contributed by atoms with Gasteiger partial charge in [0.05, 0.1) is 16.2 Å². The highest BCUT2D eigenvalue weighted by Gasteiger charge is 2.12. The van der Waals surface area contributed by atoms with Crippen LogP contribution >= 0.6 is 11.3 Å². The van der Waals surface area contributed by atoms with Crippen LogP contribution in [0.15, 0.2) is 81.0 Å². The minimum atomic E-state index is -0.520. The van der Waals surface area contributed by atoms with Crippen LogP contribution in [-0.2, 0) is 0 Å². The molecule has 0 radical (unpaired) electrons. The van der Waals surface area contributed by atoms with E-state index >= 15 is 0 Å². The summed E-state index contributed by atoms with van der Waals surface area (Å²) in [4.78, 5) is 25.9. The van der Waals surface area contributed by atoms with E-state index in [1.807, 2.05) is 12.1 Å². The van der Waals surface area contributed by atoms with Crippen molar-refractivity contribution in [1.82, 2.24) is 5.43 Å². The van der Waals surface area contributed by atoms with Crippen molar-refractivity contribution < 1.29 is 13.6 Å². The zero-order chi connectivity index (χ0) is 20.4. The molecule has 2 aromatic carbocycles. The number of para-hydroxylation sites is 1. The number of hydrogen-bond donors (Lipinski definition) is 1. The van der Waals surface area contributed by atoms with Crippen LogP contribution in [0.3, 0.4) is 0 Å². The second kappa shape index (κ2) is 7.81. The van der Waals surface area contributed by atoms with Crippen molar-refractivity contribution in [2.75, 3.05) is 0 Å². The number of benzene rings is 2. The van der Waals surface area contributed by atoms with E-state index in [9.17, 15) is 14.0 Å². The largest absolute Gasteiger partial charge is 0.422 e. The second-order valence-electron chi connectivity index (χ2n) is 6.29. The van der Waals surface area contributed by atoms with E-state index in [0.717, 1.165) is 15.8 Å². The Hall–Kier alpha value is -3.58. The molecular formula is C22H15FN2O3S. The van der Waals surface area contributed by atoms with Gasteiger partial charge in [0.15, 0.2) is 0 Å². The molecule has 2 heterocycles. The number of carbonyl (C=O) groups is 1. The molecule has 0 saturated heterocycles. The molecule has 4 aromatic rings. The highest BCUT2D eigenvalue weighted by Crippen LogP contribution is 2.28. The maximum atomic E-state index is 13.1. The first-order valence-corrected chi connectivity index (χ1v) is 9.56. The van der Waals surface area contributed by atoms with E-state index in [1.165, 1.54) is 23.5 Å². The van der Waals surface area contributed by atoms with Crippen molar-refractivity contribution in [3.63, 3.8) is 0 Å². The number of halogens is 1. The van der Waals surface area contributed by atoms with Crippen LogP contribution < -0.4 is 11.1 Å². The van der Waals surface area contributed by atoms with Crippen LogP contribution in [0.1, 0.15) is 22.2 Å². The van der Waals surface area contributed by atoms with E-state index in [-0.39, 0.29) is 11.4 Å². The smallest absolute Gasteiger partial charge is 0.345 e. The Labute approximate surface area is 169 Å². The molecular weight excluding hydrogens is 391 g/mol. The van der Waals surface area contributed by atoms with E-state index in [0.29, 0.717) is 16.2 Å². The van der Waals surface area contributed by atoms with Crippen LogP contribution in [0.25, 0.3) is 21.4 Å². The molecule has 5 nitrogen and oxygen atoms in total. The lowest BCUT2D eigenvalue weighted by Gasteiger charge is -2.03. The number of nitrogens with one attached hydrogen (secondary N) is 1. The lowest BCUT2D eigenvalue weighted by molar-refractivity contribution is 0.0959. The average Bonchev–Trinajstić information content (AvgIpc) is 3.22. The number of fused-ring (bicyclic) bond motifs is 1. The minimum absolute atomic E-state index is 0.280. The first kappa shape index (κ1) is 18.8. The summed E-state index contributed by atoms with van der Waals surface area (Å²) in [6.07, 6.45) is 0. The summed E-state index contributed by atoms with van der Waals surface area (Å²) in [6.45, 7) is 1.62.